The molecular formula is C22H27FN4O3. The molecule has 0 saturated carbocycles. The maximum Gasteiger partial charge on any atom is 0.253 e. The summed E-state index contributed by atoms with van der Waals surface area (Å²) >= 11 is 0. The van der Waals surface area contributed by atoms with Crippen LogP contribution in [0.5, 0.6) is 5.75 Å². The molecule has 2 aromatic heterocycles. The molecule has 30 heavy (non-hydrogen) atoms. The molecule has 2 heterocycles. The number of hydrogen-bond acceptors (Lipinski definition) is 5. The monoisotopic (exact) mass is 414 g/mol. The Bertz CT molecular complexity index is 1050. The maximum absolute atomic E-state index is 13.2. The van der Waals surface area contributed by atoms with Crippen LogP contribution in [-0.2, 0) is 0 Å². The number of ether oxygens (including phenoxy) is 1. The average molecular weight is 414 g/mol. The molecular weight excluding hydrogens is 387 g/mol. The number of pyridine rings is 1. The van der Waals surface area contributed by atoms with Gasteiger partial charge in [0, 0.05) is 24.7 Å². The van der Waals surface area contributed by atoms with Crippen molar-refractivity contribution >= 4 is 16.9 Å². The molecule has 3 rings (SSSR count). The van der Waals surface area contributed by atoms with E-state index in [0.29, 0.717) is 28.0 Å². The van der Waals surface area contributed by atoms with Crippen LogP contribution >= 0.6 is 0 Å². The fourth-order valence-corrected chi connectivity index (χ4v) is 3.05. The van der Waals surface area contributed by atoms with Crippen LogP contribution in [0.3, 0.4) is 0 Å². The van der Waals surface area contributed by atoms with E-state index in [-0.39, 0.29) is 18.0 Å². The number of fused-ring (bicyclic) bond motifs is 1. The van der Waals surface area contributed by atoms with Gasteiger partial charge in [-0.3, -0.25) is 14.5 Å². The fourth-order valence-electron chi connectivity index (χ4n) is 3.05. The van der Waals surface area contributed by atoms with E-state index in [1.165, 1.54) is 13.1 Å². The molecule has 1 amide bonds. The van der Waals surface area contributed by atoms with E-state index in [0.717, 1.165) is 5.56 Å². The van der Waals surface area contributed by atoms with Crippen molar-refractivity contribution < 1.29 is 19.0 Å². The Hall–Kier alpha value is -3.00. The fraction of sp³-hybridized carbons (Fsp3) is 0.409. The Balaban J connectivity index is 2.05. The lowest BCUT2D eigenvalue weighted by molar-refractivity contribution is 0.0859. The van der Waals surface area contributed by atoms with Gasteiger partial charge in [0.2, 0.25) is 6.36 Å². The lowest BCUT2D eigenvalue weighted by Gasteiger charge is -2.16. The number of aliphatic hydroxyl groups is 1. The molecule has 2 N–H and O–H groups in total. The normalized spacial score (nSPS) is 14.5. The number of aliphatic hydroxyl groups excluding tert-OH is 1. The molecule has 0 spiro atoms. The van der Waals surface area contributed by atoms with Gasteiger partial charge in [0.25, 0.3) is 5.91 Å². The highest BCUT2D eigenvalue weighted by atomic mass is 19.1. The molecule has 1 aromatic carbocycles. The number of nitrogens with zero attached hydrogens (tertiary/aromatic N) is 3. The number of benzene rings is 1. The summed E-state index contributed by atoms with van der Waals surface area (Å²) in [6, 6.07) is 8.41. The van der Waals surface area contributed by atoms with E-state index in [2.05, 4.69) is 10.3 Å². The van der Waals surface area contributed by atoms with Crippen molar-refractivity contribution in [2.24, 2.45) is 0 Å². The first kappa shape index (κ1) is 21.7. The van der Waals surface area contributed by atoms with Gasteiger partial charge in [-0.1, -0.05) is 12.1 Å². The number of aromatic nitrogens is 3. The SMILES string of the molecule is CC(F)Oc1cccc(-c2nn(C(C)C)c3cc(C(=O)N[C@@H](C)[C@H](C)O)cnc23)c1. The molecule has 1 unspecified atom stereocenters. The predicted molar refractivity (Wildman–Crippen MR) is 113 cm³/mol. The number of amides is 1. The smallest absolute Gasteiger partial charge is 0.253 e. The highest BCUT2D eigenvalue weighted by Crippen LogP contribution is 2.31. The molecule has 7 nitrogen and oxygen atoms in total. The molecule has 160 valence electrons. The number of carbonyl (C=O) groups is 1. The molecule has 0 aliphatic rings. The van der Waals surface area contributed by atoms with Crippen LogP contribution in [0.15, 0.2) is 36.5 Å². The van der Waals surface area contributed by atoms with Crippen LogP contribution in [0.25, 0.3) is 22.3 Å². The van der Waals surface area contributed by atoms with Crippen molar-refractivity contribution in [2.75, 3.05) is 0 Å². The van der Waals surface area contributed by atoms with Crippen LogP contribution in [0, 0.1) is 0 Å². The third-order valence-corrected chi connectivity index (χ3v) is 4.79. The summed E-state index contributed by atoms with van der Waals surface area (Å²) in [4.78, 5) is 17.1. The standard InChI is InChI=1S/C22H27FN4O3/c1-12(2)27-19-10-17(22(29)25-13(3)14(4)28)11-24-21(19)20(26-27)16-7-6-8-18(9-16)30-15(5)23/h6-15,28H,1-5H3,(H,25,29)/t13-,14-,15?/m0/s1. The number of hydrogen-bond donors (Lipinski definition) is 2. The van der Waals surface area contributed by atoms with E-state index in [1.54, 1.807) is 42.8 Å². The Morgan fingerprint density at radius 2 is 1.93 bits per heavy atom. The van der Waals surface area contributed by atoms with Crippen LogP contribution < -0.4 is 10.1 Å². The van der Waals surface area contributed by atoms with Crippen LogP contribution in [0.2, 0.25) is 0 Å². The second-order valence-electron chi connectivity index (χ2n) is 7.67. The zero-order chi connectivity index (χ0) is 22.0. The zero-order valence-electron chi connectivity index (χ0n) is 17.8. The summed E-state index contributed by atoms with van der Waals surface area (Å²) in [6.45, 7) is 8.65. The first-order chi connectivity index (χ1) is 14.2. The predicted octanol–water partition coefficient (Wildman–Crippen LogP) is 3.87. The number of halogens is 1. The zero-order valence-corrected chi connectivity index (χ0v) is 17.8. The van der Waals surface area contributed by atoms with Crippen molar-refractivity contribution in [3.8, 4) is 17.0 Å². The minimum absolute atomic E-state index is 0.0306. The topological polar surface area (TPSA) is 89.3 Å². The van der Waals surface area contributed by atoms with E-state index < -0.39 is 12.5 Å². The van der Waals surface area contributed by atoms with Crippen LogP contribution in [-0.4, -0.2) is 44.3 Å². The number of nitrogens with one attached hydrogen (secondary N) is 1. The van der Waals surface area contributed by atoms with Gasteiger partial charge in [-0.15, -0.1) is 0 Å². The van der Waals surface area contributed by atoms with Crippen molar-refractivity contribution in [1.29, 1.82) is 0 Å². The Morgan fingerprint density at radius 3 is 2.57 bits per heavy atom. The number of rotatable bonds is 7. The van der Waals surface area contributed by atoms with E-state index in [9.17, 15) is 14.3 Å². The van der Waals surface area contributed by atoms with Gasteiger partial charge in [-0.05, 0) is 45.9 Å². The third-order valence-electron chi connectivity index (χ3n) is 4.79. The highest BCUT2D eigenvalue weighted by molar-refractivity contribution is 5.99. The third kappa shape index (κ3) is 4.59. The van der Waals surface area contributed by atoms with Gasteiger partial charge >= 0.3 is 0 Å². The lowest BCUT2D eigenvalue weighted by Crippen LogP contribution is -2.39. The summed E-state index contributed by atoms with van der Waals surface area (Å²) in [5.41, 5.74) is 3.09. The first-order valence-electron chi connectivity index (χ1n) is 9.95. The molecule has 0 saturated heterocycles. The molecule has 0 fully saturated rings. The maximum atomic E-state index is 13.2. The van der Waals surface area contributed by atoms with Gasteiger partial charge < -0.3 is 15.2 Å². The largest absolute Gasteiger partial charge is 0.461 e. The molecule has 0 aliphatic heterocycles. The van der Waals surface area contributed by atoms with Gasteiger partial charge in [0.05, 0.1) is 23.2 Å². The van der Waals surface area contributed by atoms with Crippen molar-refractivity contribution in [3.05, 3.63) is 42.1 Å². The second kappa shape index (κ2) is 8.79. The van der Waals surface area contributed by atoms with Gasteiger partial charge in [-0.2, -0.15) is 5.10 Å². The molecule has 3 aromatic rings. The van der Waals surface area contributed by atoms with Crippen molar-refractivity contribution in [3.63, 3.8) is 0 Å². The lowest BCUT2D eigenvalue weighted by atomic mass is 10.1. The molecule has 3 atom stereocenters. The van der Waals surface area contributed by atoms with E-state index >= 15 is 0 Å². The Labute approximate surface area is 174 Å². The summed E-state index contributed by atoms with van der Waals surface area (Å²) < 4.78 is 20.2. The van der Waals surface area contributed by atoms with Gasteiger partial charge in [-0.25, -0.2) is 4.39 Å². The number of carbonyl (C=O) groups excluding carboxylic acids is 1. The summed E-state index contributed by atoms with van der Waals surface area (Å²) in [5, 5.41) is 17.1. The molecule has 0 bridgehead atoms. The van der Waals surface area contributed by atoms with Gasteiger partial charge in [0.15, 0.2) is 0 Å². The molecule has 8 heteroatoms. The van der Waals surface area contributed by atoms with Gasteiger partial charge in [0.1, 0.15) is 17.0 Å². The summed E-state index contributed by atoms with van der Waals surface area (Å²) in [5.74, 6) is 0.0843. The first-order valence-corrected chi connectivity index (χ1v) is 9.95. The quantitative estimate of drug-likeness (QED) is 0.613. The van der Waals surface area contributed by atoms with Crippen molar-refractivity contribution in [2.45, 2.75) is 59.2 Å². The highest BCUT2D eigenvalue weighted by Gasteiger charge is 2.20. The average Bonchev–Trinajstić information content (AvgIpc) is 3.06. The van der Waals surface area contributed by atoms with Crippen LogP contribution in [0.4, 0.5) is 4.39 Å². The summed E-state index contributed by atoms with van der Waals surface area (Å²) in [7, 11) is 0. The molecule has 0 radical (unpaired) electrons. The molecule has 0 aliphatic carbocycles. The van der Waals surface area contributed by atoms with E-state index in [4.69, 9.17) is 9.84 Å². The minimum atomic E-state index is -1.42. The van der Waals surface area contributed by atoms with E-state index in [1.807, 2.05) is 19.9 Å². The Morgan fingerprint density at radius 1 is 1.20 bits per heavy atom. The van der Waals surface area contributed by atoms with Crippen molar-refractivity contribution in [1.82, 2.24) is 20.1 Å². The summed E-state index contributed by atoms with van der Waals surface area (Å²) in [6.07, 6.45) is -0.597. The van der Waals surface area contributed by atoms with Crippen LogP contribution in [0.1, 0.15) is 51.0 Å². The number of alkyl halides is 1. The second-order valence-corrected chi connectivity index (χ2v) is 7.67. The minimum Gasteiger partial charge on any atom is -0.461 e. The Kier molecular flexibility index (Phi) is 6.36.